The quantitative estimate of drug-likeness (QED) is 0.459. The second-order valence-electron chi connectivity index (χ2n) is 5.77. The van der Waals surface area contributed by atoms with Gasteiger partial charge in [-0.25, -0.2) is 0 Å². The second-order valence-corrected chi connectivity index (χ2v) is 5.77. The molecule has 128 valence electrons. The SMILES string of the molecule is CC(C)(C)OC(=O)CCOCCOC(=O)CCCCC(=O)O. The molecule has 0 amide bonds. The van der Waals surface area contributed by atoms with Crippen molar-refractivity contribution < 1.29 is 33.7 Å². The average Bonchev–Trinajstić information content (AvgIpc) is 2.36. The summed E-state index contributed by atoms with van der Waals surface area (Å²) >= 11 is 0. The zero-order valence-electron chi connectivity index (χ0n) is 13.6. The summed E-state index contributed by atoms with van der Waals surface area (Å²) in [6.07, 6.45) is 1.36. The van der Waals surface area contributed by atoms with Crippen LogP contribution in [0.2, 0.25) is 0 Å². The number of esters is 2. The predicted octanol–water partition coefficient (Wildman–Crippen LogP) is 1.92. The third kappa shape index (κ3) is 14.8. The van der Waals surface area contributed by atoms with Crippen molar-refractivity contribution >= 4 is 17.9 Å². The number of aliphatic carboxylic acids is 1. The summed E-state index contributed by atoms with van der Waals surface area (Å²) < 4.78 is 15.2. The molecule has 0 radical (unpaired) electrons. The topological polar surface area (TPSA) is 99.1 Å². The van der Waals surface area contributed by atoms with Gasteiger partial charge in [0.05, 0.1) is 19.6 Å². The van der Waals surface area contributed by atoms with E-state index in [0.29, 0.717) is 12.8 Å². The summed E-state index contributed by atoms with van der Waals surface area (Å²) in [4.78, 5) is 32.9. The molecular weight excluding hydrogens is 292 g/mol. The van der Waals surface area contributed by atoms with Crippen LogP contribution in [-0.2, 0) is 28.6 Å². The number of unbranched alkanes of at least 4 members (excludes halogenated alkanes) is 1. The zero-order valence-corrected chi connectivity index (χ0v) is 13.6. The van der Waals surface area contributed by atoms with Gasteiger partial charge in [0.1, 0.15) is 12.2 Å². The van der Waals surface area contributed by atoms with E-state index in [1.54, 1.807) is 20.8 Å². The molecule has 0 spiro atoms. The number of ether oxygens (including phenoxy) is 3. The molecule has 0 heterocycles. The molecule has 0 aliphatic heterocycles. The molecule has 0 aromatic heterocycles. The fourth-order valence-electron chi connectivity index (χ4n) is 1.48. The Labute approximate surface area is 130 Å². The Bertz CT molecular complexity index is 357. The number of hydrogen-bond acceptors (Lipinski definition) is 6. The minimum atomic E-state index is -0.869. The first kappa shape index (κ1) is 20.4. The van der Waals surface area contributed by atoms with E-state index in [0.717, 1.165) is 0 Å². The van der Waals surface area contributed by atoms with Crippen LogP contribution < -0.4 is 0 Å². The number of carboxylic acid groups (broad SMARTS) is 1. The van der Waals surface area contributed by atoms with Gasteiger partial charge in [-0.1, -0.05) is 0 Å². The smallest absolute Gasteiger partial charge is 0.308 e. The van der Waals surface area contributed by atoms with Gasteiger partial charge >= 0.3 is 17.9 Å². The summed E-state index contributed by atoms with van der Waals surface area (Å²) in [5.74, 6) is -1.57. The van der Waals surface area contributed by atoms with Gasteiger partial charge in [-0.3, -0.25) is 14.4 Å². The molecule has 0 aliphatic rings. The fraction of sp³-hybridized carbons (Fsp3) is 0.800. The average molecular weight is 318 g/mol. The number of carbonyl (C=O) groups is 3. The predicted molar refractivity (Wildman–Crippen MR) is 78.3 cm³/mol. The minimum absolute atomic E-state index is 0.0566. The van der Waals surface area contributed by atoms with Crippen LogP contribution in [0.25, 0.3) is 0 Å². The maximum absolute atomic E-state index is 11.4. The summed E-state index contributed by atoms with van der Waals surface area (Å²) in [7, 11) is 0. The highest BCUT2D eigenvalue weighted by atomic mass is 16.6. The van der Waals surface area contributed by atoms with Crippen LogP contribution in [0.1, 0.15) is 52.9 Å². The largest absolute Gasteiger partial charge is 0.481 e. The first-order valence-electron chi connectivity index (χ1n) is 7.38. The van der Waals surface area contributed by atoms with Gasteiger partial charge in [0.15, 0.2) is 0 Å². The highest BCUT2D eigenvalue weighted by Gasteiger charge is 2.15. The van der Waals surface area contributed by atoms with E-state index >= 15 is 0 Å². The van der Waals surface area contributed by atoms with E-state index in [9.17, 15) is 14.4 Å². The summed E-state index contributed by atoms with van der Waals surface area (Å²) in [6.45, 7) is 5.92. The number of hydrogen-bond donors (Lipinski definition) is 1. The molecule has 0 aromatic carbocycles. The first-order valence-corrected chi connectivity index (χ1v) is 7.38. The van der Waals surface area contributed by atoms with Crippen molar-refractivity contribution in [2.75, 3.05) is 19.8 Å². The van der Waals surface area contributed by atoms with Gasteiger partial charge in [0.25, 0.3) is 0 Å². The fourth-order valence-corrected chi connectivity index (χ4v) is 1.48. The Morgan fingerprint density at radius 3 is 2.09 bits per heavy atom. The van der Waals surface area contributed by atoms with Gasteiger partial charge in [0.2, 0.25) is 0 Å². The van der Waals surface area contributed by atoms with Crippen molar-refractivity contribution in [1.82, 2.24) is 0 Å². The molecule has 0 fully saturated rings. The molecular formula is C15H26O7. The van der Waals surface area contributed by atoms with Crippen molar-refractivity contribution in [2.45, 2.75) is 58.5 Å². The van der Waals surface area contributed by atoms with E-state index in [1.807, 2.05) is 0 Å². The van der Waals surface area contributed by atoms with Crippen molar-refractivity contribution in [3.05, 3.63) is 0 Å². The molecule has 0 atom stereocenters. The second kappa shape index (κ2) is 11.0. The normalized spacial score (nSPS) is 11.0. The Kier molecular flexibility index (Phi) is 10.2. The van der Waals surface area contributed by atoms with Crippen LogP contribution >= 0.6 is 0 Å². The van der Waals surface area contributed by atoms with Crippen LogP contribution in [0, 0.1) is 0 Å². The van der Waals surface area contributed by atoms with Gasteiger partial charge in [-0.05, 0) is 33.6 Å². The molecule has 0 rings (SSSR count). The van der Waals surface area contributed by atoms with E-state index < -0.39 is 11.6 Å². The molecule has 0 saturated heterocycles. The molecule has 7 heteroatoms. The van der Waals surface area contributed by atoms with E-state index in [2.05, 4.69) is 0 Å². The highest BCUT2D eigenvalue weighted by molar-refractivity contribution is 5.70. The van der Waals surface area contributed by atoms with Crippen LogP contribution in [0.15, 0.2) is 0 Å². The third-order valence-electron chi connectivity index (χ3n) is 2.38. The van der Waals surface area contributed by atoms with Crippen LogP contribution in [0.3, 0.4) is 0 Å². The summed E-state index contributed by atoms with van der Waals surface area (Å²) in [6, 6.07) is 0. The van der Waals surface area contributed by atoms with E-state index in [4.69, 9.17) is 19.3 Å². The summed E-state index contributed by atoms with van der Waals surface area (Å²) in [5, 5.41) is 8.44. The number of carboxylic acids is 1. The van der Waals surface area contributed by atoms with Crippen molar-refractivity contribution in [1.29, 1.82) is 0 Å². The lowest BCUT2D eigenvalue weighted by molar-refractivity contribution is -0.156. The highest BCUT2D eigenvalue weighted by Crippen LogP contribution is 2.08. The van der Waals surface area contributed by atoms with Gasteiger partial charge in [-0.2, -0.15) is 0 Å². The van der Waals surface area contributed by atoms with Crippen molar-refractivity contribution in [3.8, 4) is 0 Å². The lowest BCUT2D eigenvalue weighted by atomic mass is 10.2. The zero-order chi connectivity index (χ0) is 17.0. The molecule has 0 saturated carbocycles. The monoisotopic (exact) mass is 318 g/mol. The Morgan fingerprint density at radius 2 is 1.50 bits per heavy atom. The van der Waals surface area contributed by atoms with Gasteiger partial charge < -0.3 is 19.3 Å². The lowest BCUT2D eigenvalue weighted by Crippen LogP contribution is -2.24. The number of carbonyl (C=O) groups excluding carboxylic acids is 2. The molecule has 22 heavy (non-hydrogen) atoms. The third-order valence-corrected chi connectivity index (χ3v) is 2.38. The lowest BCUT2D eigenvalue weighted by Gasteiger charge is -2.19. The molecule has 0 aromatic rings. The van der Waals surface area contributed by atoms with Gasteiger partial charge in [0, 0.05) is 12.8 Å². The Balaban J connectivity index is 3.44. The molecule has 0 bridgehead atoms. The van der Waals surface area contributed by atoms with Crippen LogP contribution in [0.4, 0.5) is 0 Å². The first-order chi connectivity index (χ1) is 10.2. The summed E-state index contributed by atoms with van der Waals surface area (Å²) in [5.41, 5.74) is -0.507. The Hall–Kier alpha value is -1.63. The maximum Gasteiger partial charge on any atom is 0.308 e. The van der Waals surface area contributed by atoms with Crippen LogP contribution in [0.5, 0.6) is 0 Å². The molecule has 0 aliphatic carbocycles. The molecule has 7 nitrogen and oxygen atoms in total. The standard InChI is InChI=1S/C15H26O7/c1-15(2,3)22-14(19)8-9-20-10-11-21-13(18)7-5-4-6-12(16)17/h4-11H2,1-3H3,(H,16,17). The van der Waals surface area contributed by atoms with Crippen molar-refractivity contribution in [3.63, 3.8) is 0 Å². The van der Waals surface area contributed by atoms with E-state index in [1.165, 1.54) is 0 Å². The molecule has 0 unspecified atom stereocenters. The van der Waals surface area contributed by atoms with Crippen molar-refractivity contribution in [2.24, 2.45) is 0 Å². The van der Waals surface area contributed by atoms with E-state index in [-0.39, 0.29) is 51.0 Å². The maximum atomic E-state index is 11.4. The minimum Gasteiger partial charge on any atom is -0.481 e. The van der Waals surface area contributed by atoms with Crippen LogP contribution in [-0.4, -0.2) is 48.4 Å². The number of rotatable bonds is 11. The molecule has 1 N–H and O–H groups in total. The van der Waals surface area contributed by atoms with Gasteiger partial charge in [-0.15, -0.1) is 0 Å². The Morgan fingerprint density at radius 1 is 0.864 bits per heavy atom.